The quantitative estimate of drug-likeness (QED) is 0.879. The molecule has 2 fully saturated rings. The summed E-state index contributed by atoms with van der Waals surface area (Å²) in [7, 11) is 0. The van der Waals surface area contributed by atoms with Crippen LogP contribution >= 0.6 is 0 Å². The summed E-state index contributed by atoms with van der Waals surface area (Å²) in [6, 6.07) is 1.98. The molecule has 6 heteroatoms. The van der Waals surface area contributed by atoms with Crippen molar-refractivity contribution in [2.45, 2.75) is 58.7 Å². The maximum Gasteiger partial charge on any atom is 0.253 e. The Labute approximate surface area is 148 Å². The van der Waals surface area contributed by atoms with Crippen LogP contribution in [-0.4, -0.2) is 37.2 Å². The maximum atomic E-state index is 12.4. The zero-order chi connectivity index (χ0) is 18.0. The molecule has 2 aliphatic rings. The van der Waals surface area contributed by atoms with Crippen LogP contribution in [0.25, 0.3) is 0 Å². The number of carbonyl (C=O) groups excluding carboxylic acids is 2. The first-order valence-corrected chi connectivity index (χ1v) is 8.93. The summed E-state index contributed by atoms with van der Waals surface area (Å²) in [4.78, 5) is 24.8. The van der Waals surface area contributed by atoms with Crippen LogP contribution in [0.2, 0.25) is 0 Å². The Morgan fingerprint density at radius 2 is 1.32 bits per heavy atom. The fourth-order valence-corrected chi connectivity index (χ4v) is 3.55. The van der Waals surface area contributed by atoms with Gasteiger partial charge in [-0.2, -0.15) is 0 Å². The molecular weight excluding hydrogens is 320 g/mol. The lowest BCUT2D eigenvalue weighted by atomic mass is 10.0. The van der Waals surface area contributed by atoms with E-state index in [0.29, 0.717) is 13.2 Å². The standard InChI is InChI=1S/C19H26N2O4/c1-11-10-12(2)17(21-19(23)15-7-5-9-25-15)13(3)16(11)20-18(22)14-6-4-8-24-14/h10,14-15H,4-9H2,1-3H3,(H,20,22)(H,21,23)/t14-,15-/m0/s1. The number of carbonyl (C=O) groups is 2. The molecular formula is C19H26N2O4. The highest BCUT2D eigenvalue weighted by Gasteiger charge is 2.27. The van der Waals surface area contributed by atoms with Crippen molar-refractivity contribution >= 4 is 23.2 Å². The lowest BCUT2D eigenvalue weighted by Crippen LogP contribution is -2.29. The predicted molar refractivity (Wildman–Crippen MR) is 95.9 cm³/mol. The van der Waals surface area contributed by atoms with Crippen LogP contribution in [0.15, 0.2) is 6.07 Å². The van der Waals surface area contributed by atoms with Gasteiger partial charge in [0.05, 0.1) is 0 Å². The summed E-state index contributed by atoms with van der Waals surface area (Å²) in [5, 5.41) is 5.97. The van der Waals surface area contributed by atoms with Crippen molar-refractivity contribution in [2.24, 2.45) is 0 Å². The van der Waals surface area contributed by atoms with Crippen LogP contribution in [0.1, 0.15) is 42.4 Å². The Hall–Kier alpha value is -1.92. The third-order valence-corrected chi connectivity index (χ3v) is 4.91. The minimum absolute atomic E-state index is 0.121. The summed E-state index contributed by atoms with van der Waals surface area (Å²) in [5.41, 5.74) is 4.28. The van der Waals surface area contributed by atoms with Gasteiger partial charge in [-0.1, -0.05) is 6.07 Å². The minimum Gasteiger partial charge on any atom is -0.368 e. The normalized spacial score (nSPS) is 22.8. The number of hydrogen-bond donors (Lipinski definition) is 2. The first-order valence-electron chi connectivity index (χ1n) is 8.93. The lowest BCUT2D eigenvalue weighted by Gasteiger charge is -2.20. The van der Waals surface area contributed by atoms with Gasteiger partial charge < -0.3 is 20.1 Å². The number of amides is 2. The number of ether oxygens (including phenoxy) is 2. The number of nitrogens with one attached hydrogen (secondary N) is 2. The summed E-state index contributed by atoms with van der Waals surface area (Å²) in [6.07, 6.45) is 2.55. The molecule has 1 aromatic rings. The van der Waals surface area contributed by atoms with Gasteiger partial charge in [-0.05, 0) is 63.1 Å². The molecule has 2 atom stereocenters. The molecule has 2 aliphatic heterocycles. The SMILES string of the molecule is Cc1cc(C)c(NC(=O)[C@@H]2CCCO2)c(C)c1NC(=O)[C@@H]1CCCO1. The molecule has 0 aliphatic carbocycles. The Balaban J connectivity index is 1.81. The Bertz CT molecular complexity index is 620. The largest absolute Gasteiger partial charge is 0.368 e. The van der Waals surface area contributed by atoms with E-state index in [0.717, 1.165) is 53.7 Å². The molecule has 136 valence electrons. The third-order valence-electron chi connectivity index (χ3n) is 4.91. The molecule has 1 aromatic carbocycles. The second-order valence-electron chi connectivity index (χ2n) is 6.87. The van der Waals surface area contributed by atoms with Gasteiger partial charge in [-0.15, -0.1) is 0 Å². The molecule has 2 amide bonds. The molecule has 2 N–H and O–H groups in total. The van der Waals surface area contributed by atoms with E-state index < -0.39 is 0 Å². The van der Waals surface area contributed by atoms with Crippen molar-refractivity contribution in [3.05, 3.63) is 22.8 Å². The Kier molecular flexibility index (Phi) is 5.39. The van der Waals surface area contributed by atoms with Gasteiger partial charge in [0.15, 0.2) is 0 Å². The van der Waals surface area contributed by atoms with Gasteiger partial charge in [0.25, 0.3) is 11.8 Å². The van der Waals surface area contributed by atoms with E-state index in [2.05, 4.69) is 10.6 Å². The highest BCUT2D eigenvalue weighted by atomic mass is 16.5. The van der Waals surface area contributed by atoms with E-state index in [1.54, 1.807) is 0 Å². The minimum atomic E-state index is -0.384. The van der Waals surface area contributed by atoms with Crippen molar-refractivity contribution in [2.75, 3.05) is 23.8 Å². The van der Waals surface area contributed by atoms with Crippen LogP contribution in [0.4, 0.5) is 11.4 Å². The fraction of sp³-hybridized carbons (Fsp3) is 0.579. The summed E-state index contributed by atoms with van der Waals surface area (Å²) >= 11 is 0. The van der Waals surface area contributed by atoms with Gasteiger partial charge >= 0.3 is 0 Å². The van der Waals surface area contributed by atoms with Crippen molar-refractivity contribution in [3.8, 4) is 0 Å². The van der Waals surface area contributed by atoms with E-state index >= 15 is 0 Å². The first kappa shape index (κ1) is 17.9. The molecule has 25 heavy (non-hydrogen) atoms. The number of benzene rings is 1. The Morgan fingerprint density at radius 3 is 1.68 bits per heavy atom. The first-order chi connectivity index (χ1) is 12.0. The van der Waals surface area contributed by atoms with Crippen LogP contribution in [0.5, 0.6) is 0 Å². The number of anilines is 2. The molecule has 2 saturated heterocycles. The van der Waals surface area contributed by atoms with Crippen LogP contribution in [-0.2, 0) is 19.1 Å². The zero-order valence-electron chi connectivity index (χ0n) is 15.1. The van der Waals surface area contributed by atoms with Gasteiger partial charge in [0, 0.05) is 24.6 Å². The average Bonchev–Trinajstić information content (AvgIpc) is 3.28. The molecule has 0 aromatic heterocycles. The van der Waals surface area contributed by atoms with Crippen LogP contribution in [0.3, 0.4) is 0 Å². The molecule has 2 heterocycles. The monoisotopic (exact) mass is 346 g/mol. The molecule has 0 spiro atoms. The van der Waals surface area contributed by atoms with E-state index in [-0.39, 0.29) is 24.0 Å². The number of hydrogen-bond acceptors (Lipinski definition) is 4. The summed E-state index contributed by atoms with van der Waals surface area (Å²) in [6.45, 7) is 7.09. The average molecular weight is 346 g/mol. The van der Waals surface area contributed by atoms with Gasteiger partial charge in [-0.3, -0.25) is 9.59 Å². The second-order valence-corrected chi connectivity index (χ2v) is 6.87. The summed E-state index contributed by atoms with van der Waals surface area (Å²) in [5.74, 6) is -0.243. The smallest absolute Gasteiger partial charge is 0.253 e. The van der Waals surface area contributed by atoms with Crippen LogP contribution in [0, 0.1) is 20.8 Å². The molecule has 0 saturated carbocycles. The second kappa shape index (κ2) is 7.54. The highest BCUT2D eigenvalue weighted by Crippen LogP contribution is 2.32. The Morgan fingerprint density at radius 1 is 0.880 bits per heavy atom. The lowest BCUT2D eigenvalue weighted by molar-refractivity contribution is -0.125. The molecule has 0 bridgehead atoms. The van der Waals surface area contributed by atoms with Crippen molar-refractivity contribution < 1.29 is 19.1 Å². The van der Waals surface area contributed by atoms with Gasteiger partial charge in [0.1, 0.15) is 12.2 Å². The third kappa shape index (κ3) is 3.85. The van der Waals surface area contributed by atoms with Crippen molar-refractivity contribution in [3.63, 3.8) is 0 Å². The van der Waals surface area contributed by atoms with E-state index in [1.165, 1.54) is 0 Å². The topological polar surface area (TPSA) is 76.7 Å². The van der Waals surface area contributed by atoms with E-state index in [1.807, 2.05) is 26.8 Å². The highest BCUT2D eigenvalue weighted by molar-refractivity contribution is 6.00. The molecule has 3 rings (SSSR count). The van der Waals surface area contributed by atoms with Crippen molar-refractivity contribution in [1.82, 2.24) is 0 Å². The van der Waals surface area contributed by atoms with Crippen molar-refractivity contribution in [1.29, 1.82) is 0 Å². The molecule has 0 unspecified atom stereocenters. The van der Waals surface area contributed by atoms with Crippen LogP contribution < -0.4 is 10.6 Å². The molecule has 6 nitrogen and oxygen atoms in total. The maximum absolute atomic E-state index is 12.4. The van der Waals surface area contributed by atoms with Gasteiger partial charge in [-0.25, -0.2) is 0 Å². The fourth-order valence-electron chi connectivity index (χ4n) is 3.55. The number of rotatable bonds is 4. The van der Waals surface area contributed by atoms with E-state index in [4.69, 9.17) is 9.47 Å². The number of aryl methyl sites for hydroxylation is 2. The van der Waals surface area contributed by atoms with Gasteiger partial charge in [0.2, 0.25) is 0 Å². The van der Waals surface area contributed by atoms with E-state index in [9.17, 15) is 9.59 Å². The predicted octanol–water partition coefficient (Wildman–Crippen LogP) is 2.85. The summed E-state index contributed by atoms with van der Waals surface area (Å²) < 4.78 is 10.9. The molecule has 0 radical (unpaired) electrons. The zero-order valence-corrected chi connectivity index (χ0v) is 15.1.